The van der Waals surface area contributed by atoms with Crippen LogP contribution in [0.3, 0.4) is 0 Å². The molecule has 1 unspecified atom stereocenters. The van der Waals surface area contributed by atoms with E-state index in [2.05, 4.69) is 21.5 Å². The molecule has 0 spiro atoms. The van der Waals surface area contributed by atoms with E-state index in [0.717, 1.165) is 34.5 Å². The minimum Gasteiger partial charge on any atom is -0.391 e. The van der Waals surface area contributed by atoms with Crippen molar-refractivity contribution in [2.24, 2.45) is 5.41 Å². The average molecular weight is 553 g/mol. The van der Waals surface area contributed by atoms with Crippen LogP contribution in [0.1, 0.15) is 70.6 Å². The molecule has 1 aromatic carbocycles. The molecule has 2 aromatic rings. The summed E-state index contributed by atoms with van der Waals surface area (Å²) < 4.78 is 0. The molecule has 1 aromatic heterocycles. The number of unbranched alkanes of at least 4 members (excludes halogenated alkanes) is 3. The van der Waals surface area contributed by atoms with Gasteiger partial charge in [-0.3, -0.25) is 14.4 Å². The summed E-state index contributed by atoms with van der Waals surface area (Å²) in [7, 11) is 0. The first-order chi connectivity index (χ1) is 18.5. The smallest absolute Gasteiger partial charge is 0.246 e. The van der Waals surface area contributed by atoms with Gasteiger partial charge in [0.25, 0.3) is 0 Å². The first-order valence-corrected chi connectivity index (χ1v) is 14.4. The molecule has 210 valence electrons. The number of β-amino-alcohol motifs (C(OH)–C–C–N with tert-alkyl or cyclic N) is 1. The van der Waals surface area contributed by atoms with Crippen molar-refractivity contribution in [3.63, 3.8) is 0 Å². The first kappa shape index (κ1) is 30.3. The number of carbonyl (C=O) groups is 3. The second kappa shape index (κ2) is 13.7. The van der Waals surface area contributed by atoms with Crippen LogP contribution in [0.5, 0.6) is 0 Å². The van der Waals surface area contributed by atoms with Crippen molar-refractivity contribution in [2.75, 3.05) is 6.54 Å². The van der Waals surface area contributed by atoms with E-state index in [1.807, 2.05) is 57.5 Å². The van der Waals surface area contributed by atoms with Gasteiger partial charge in [-0.05, 0) is 36.3 Å². The van der Waals surface area contributed by atoms with Gasteiger partial charge in [-0.1, -0.05) is 51.5 Å². The molecule has 0 aliphatic carbocycles. The van der Waals surface area contributed by atoms with Crippen LogP contribution in [-0.2, 0) is 20.9 Å². The Balaban J connectivity index is 1.61. The lowest BCUT2D eigenvalue weighted by atomic mass is 9.85. The van der Waals surface area contributed by atoms with Crippen LogP contribution >= 0.6 is 11.3 Å². The van der Waals surface area contributed by atoms with Gasteiger partial charge in [-0.2, -0.15) is 0 Å². The Morgan fingerprint density at radius 1 is 1.21 bits per heavy atom. The van der Waals surface area contributed by atoms with Crippen LogP contribution in [0, 0.1) is 24.7 Å². The van der Waals surface area contributed by atoms with Crippen LogP contribution < -0.4 is 10.6 Å². The summed E-state index contributed by atoms with van der Waals surface area (Å²) >= 11 is 1.59. The number of terminal acetylenes is 1. The first-order valence-electron chi connectivity index (χ1n) is 13.5. The number of nitrogens with zero attached hydrogens (tertiary/aromatic N) is 2. The zero-order chi connectivity index (χ0) is 28.6. The van der Waals surface area contributed by atoms with Gasteiger partial charge in [0.1, 0.15) is 12.1 Å². The number of nitrogens with one attached hydrogen (secondary N) is 2. The van der Waals surface area contributed by atoms with Gasteiger partial charge >= 0.3 is 0 Å². The summed E-state index contributed by atoms with van der Waals surface area (Å²) in [5, 5.41) is 16.2. The third-order valence-electron chi connectivity index (χ3n) is 6.94. The number of carbonyl (C=O) groups excluding carboxylic acids is 3. The number of hydrogen-bond donors (Lipinski definition) is 3. The van der Waals surface area contributed by atoms with E-state index in [1.54, 1.807) is 11.3 Å². The van der Waals surface area contributed by atoms with Crippen molar-refractivity contribution >= 4 is 29.1 Å². The highest BCUT2D eigenvalue weighted by Gasteiger charge is 2.44. The Bertz CT molecular complexity index is 1180. The lowest BCUT2D eigenvalue weighted by molar-refractivity contribution is -0.144. The van der Waals surface area contributed by atoms with Crippen molar-refractivity contribution < 1.29 is 19.5 Å². The Labute approximate surface area is 235 Å². The number of aliphatic hydroxyl groups is 1. The SMILES string of the molecule is C#CCCCCCC(=O)NC(C(=O)N1C[C@H](O)C[C@H]1C(=O)NCc1ccc(-c2scnc2C)cc1)C(C)(C)C. The number of benzene rings is 1. The highest BCUT2D eigenvalue weighted by atomic mass is 32.1. The molecule has 2 heterocycles. The molecular weight excluding hydrogens is 512 g/mol. The minimum atomic E-state index is -0.820. The minimum absolute atomic E-state index is 0.0500. The van der Waals surface area contributed by atoms with E-state index in [0.29, 0.717) is 25.8 Å². The summed E-state index contributed by atoms with van der Waals surface area (Å²) in [6, 6.07) is 6.29. The monoisotopic (exact) mass is 552 g/mol. The summed E-state index contributed by atoms with van der Waals surface area (Å²) in [4.78, 5) is 46.3. The summed E-state index contributed by atoms with van der Waals surface area (Å²) in [5.41, 5.74) is 4.22. The van der Waals surface area contributed by atoms with E-state index >= 15 is 0 Å². The number of thiazole rings is 1. The second-order valence-corrected chi connectivity index (χ2v) is 12.1. The fraction of sp³-hybridized carbons (Fsp3) is 0.533. The van der Waals surface area contributed by atoms with E-state index in [-0.39, 0.29) is 30.7 Å². The van der Waals surface area contributed by atoms with Crippen LogP contribution in [-0.4, -0.2) is 57.4 Å². The normalized spacial score (nSPS) is 17.9. The molecule has 1 aliphatic heterocycles. The molecule has 3 rings (SSSR count). The van der Waals surface area contributed by atoms with E-state index < -0.39 is 23.6 Å². The van der Waals surface area contributed by atoms with E-state index in [9.17, 15) is 19.5 Å². The molecule has 3 N–H and O–H groups in total. The predicted octanol–water partition coefficient (Wildman–Crippen LogP) is 3.81. The predicted molar refractivity (Wildman–Crippen MR) is 154 cm³/mol. The lowest BCUT2D eigenvalue weighted by Crippen LogP contribution is -2.57. The third kappa shape index (κ3) is 8.38. The van der Waals surface area contributed by atoms with Gasteiger partial charge in [-0.15, -0.1) is 23.7 Å². The van der Waals surface area contributed by atoms with Gasteiger partial charge in [0.05, 0.1) is 22.2 Å². The van der Waals surface area contributed by atoms with E-state index in [4.69, 9.17) is 6.42 Å². The Morgan fingerprint density at radius 3 is 2.54 bits per heavy atom. The number of aromatic nitrogens is 1. The highest BCUT2D eigenvalue weighted by molar-refractivity contribution is 7.13. The molecule has 1 saturated heterocycles. The Morgan fingerprint density at radius 2 is 1.92 bits per heavy atom. The number of aryl methyl sites for hydroxylation is 1. The van der Waals surface area contributed by atoms with Crippen molar-refractivity contribution in [1.82, 2.24) is 20.5 Å². The van der Waals surface area contributed by atoms with Crippen LogP contribution in [0.25, 0.3) is 10.4 Å². The maximum absolute atomic E-state index is 13.6. The average Bonchev–Trinajstić information content (AvgIpc) is 3.50. The lowest BCUT2D eigenvalue weighted by Gasteiger charge is -2.35. The third-order valence-corrected chi connectivity index (χ3v) is 7.91. The van der Waals surface area contributed by atoms with E-state index in [1.165, 1.54) is 4.90 Å². The second-order valence-electron chi connectivity index (χ2n) is 11.2. The molecule has 3 amide bonds. The highest BCUT2D eigenvalue weighted by Crippen LogP contribution is 2.28. The van der Waals surface area contributed by atoms with Gasteiger partial charge < -0.3 is 20.6 Å². The molecule has 0 bridgehead atoms. The summed E-state index contributed by atoms with van der Waals surface area (Å²) in [6.45, 7) is 7.95. The molecule has 1 fully saturated rings. The maximum Gasteiger partial charge on any atom is 0.246 e. The van der Waals surface area contributed by atoms with Crippen LogP contribution in [0.15, 0.2) is 29.8 Å². The molecule has 0 saturated carbocycles. The summed E-state index contributed by atoms with van der Waals surface area (Å²) in [6.07, 6.45) is 8.01. The van der Waals surface area contributed by atoms with Gasteiger partial charge in [0.2, 0.25) is 17.7 Å². The largest absolute Gasteiger partial charge is 0.391 e. The van der Waals surface area contributed by atoms with Crippen molar-refractivity contribution in [1.29, 1.82) is 0 Å². The fourth-order valence-corrected chi connectivity index (χ4v) is 5.51. The topological polar surface area (TPSA) is 112 Å². The number of amides is 3. The number of likely N-dealkylation sites (tertiary alicyclic amines) is 1. The molecule has 1 aliphatic rings. The van der Waals surface area contributed by atoms with Crippen LogP contribution in [0.2, 0.25) is 0 Å². The molecule has 8 nitrogen and oxygen atoms in total. The molecule has 0 radical (unpaired) electrons. The Kier molecular flexibility index (Phi) is 10.7. The molecular formula is C30H40N4O4S. The quantitative estimate of drug-likeness (QED) is 0.290. The number of hydrogen-bond acceptors (Lipinski definition) is 6. The van der Waals surface area contributed by atoms with Crippen molar-refractivity contribution in [2.45, 2.75) is 91.0 Å². The van der Waals surface area contributed by atoms with Gasteiger partial charge in [-0.25, -0.2) is 4.98 Å². The zero-order valence-corrected chi connectivity index (χ0v) is 24.1. The molecule has 39 heavy (non-hydrogen) atoms. The summed E-state index contributed by atoms with van der Waals surface area (Å²) in [5.74, 6) is 1.70. The molecule has 9 heteroatoms. The number of rotatable bonds is 11. The maximum atomic E-state index is 13.6. The number of aliphatic hydroxyl groups excluding tert-OH is 1. The fourth-order valence-electron chi connectivity index (χ4n) is 4.70. The zero-order valence-electron chi connectivity index (χ0n) is 23.3. The standard InChI is InChI=1S/C30H40N4O4S/c1-6-7-8-9-10-11-25(36)33-27(30(3,4)5)29(38)34-18-23(35)16-24(34)28(37)31-17-21-12-14-22(15-13-21)26-20(2)32-19-39-26/h1,12-15,19,23-24,27,35H,7-11,16-18H2,2-5H3,(H,31,37)(H,33,36)/t23-,24+,27?/m1/s1. The van der Waals surface area contributed by atoms with Crippen LogP contribution in [0.4, 0.5) is 0 Å². The van der Waals surface area contributed by atoms with Crippen molar-refractivity contribution in [3.05, 3.63) is 41.0 Å². The van der Waals surface area contributed by atoms with Crippen molar-refractivity contribution in [3.8, 4) is 22.8 Å². The van der Waals surface area contributed by atoms with Gasteiger partial charge in [0.15, 0.2) is 0 Å². The molecule has 3 atom stereocenters. The Hall–Kier alpha value is -3.22. The van der Waals surface area contributed by atoms with Gasteiger partial charge in [0, 0.05) is 32.4 Å².